The molecule has 114 valence electrons. The molecule has 5 nitrogen and oxygen atoms in total. The maximum atomic E-state index is 12.7. The number of halogens is 1. The van der Waals surface area contributed by atoms with Gasteiger partial charge in [-0.15, -0.1) is 11.6 Å². The number of rotatable bonds is 3. The number of nitrogens with zero attached hydrogens (tertiary/aromatic N) is 1. The maximum Gasteiger partial charge on any atom is 0.269 e. The van der Waals surface area contributed by atoms with E-state index >= 15 is 0 Å². The molecule has 2 aromatic carbocycles. The molecule has 0 radical (unpaired) electrons. The van der Waals surface area contributed by atoms with Crippen LogP contribution in [0.3, 0.4) is 0 Å². The maximum absolute atomic E-state index is 12.7. The first kappa shape index (κ1) is 15.0. The van der Waals surface area contributed by atoms with E-state index < -0.39 is 25.4 Å². The molecule has 2 atom stereocenters. The molecule has 0 saturated heterocycles. The first-order valence-electron chi connectivity index (χ1n) is 6.61. The number of non-ortho nitro benzene ring substituents is 1. The van der Waals surface area contributed by atoms with Gasteiger partial charge >= 0.3 is 0 Å². The van der Waals surface area contributed by atoms with E-state index in [9.17, 15) is 18.5 Å². The van der Waals surface area contributed by atoms with Crippen molar-refractivity contribution >= 4 is 27.1 Å². The molecule has 2 unspecified atom stereocenters. The van der Waals surface area contributed by atoms with Crippen LogP contribution in [0.25, 0.3) is 0 Å². The molecule has 0 bridgehead atoms. The predicted molar refractivity (Wildman–Crippen MR) is 82.8 cm³/mol. The fourth-order valence-electron chi connectivity index (χ4n) is 2.71. The van der Waals surface area contributed by atoms with Crippen LogP contribution in [0.15, 0.2) is 53.4 Å². The van der Waals surface area contributed by atoms with E-state index in [1.54, 1.807) is 0 Å². The third-order valence-electron chi connectivity index (χ3n) is 3.87. The van der Waals surface area contributed by atoms with Gasteiger partial charge in [0.1, 0.15) is 0 Å². The summed E-state index contributed by atoms with van der Waals surface area (Å²) in [6, 6.07) is 12.3. The third kappa shape index (κ3) is 2.38. The van der Waals surface area contributed by atoms with Crippen molar-refractivity contribution in [2.45, 2.75) is 21.9 Å². The molecule has 2 aromatic rings. The molecule has 0 aromatic heterocycles. The van der Waals surface area contributed by atoms with Crippen LogP contribution in [-0.4, -0.2) is 18.6 Å². The van der Waals surface area contributed by atoms with Crippen molar-refractivity contribution in [1.82, 2.24) is 0 Å². The van der Waals surface area contributed by atoms with Crippen molar-refractivity contribution < 1.29 is 13.3 Å². The van der Waals surface area contributed by atoms with Gasteiger partial charge in [-0.25, -0.2) is 8.42 Å². The zero-order valence-corrected chi connectivity index (χ0v) is 12.9. The van der Waals surface area contributed by atoms with E-state index in [4.69, 9.17) is 11.6 Å². The molecule has 0 aliphatic heterocycles. The van der Waals surface area contributed by atoms with E-state index in [1.165, 1.54) is 24.3 Å². The summed E-state index contributed by atoms with van der Waals surface area (Å²) >= 11 is 6.34. The van der Waals surface area contributed by atoms with Gasteiger partial charge in [-0.05, 0) is 29.7 Å². The minimum atomic E-state index is -3.65. The van der Waals surface area contributed by atoms with Gasteiger partial charge in [-0.1, -0.05) is 24.3 Å². The number of hydrogen-bond acceptors (Lipinski definition) is 4. The number of benzene rings is 2. The molecule has 22 heavy (non-hydrogen) atoms. The average molecular weight is 338 g/mol. The summed E-state index contributed by atoms with van der Waals surface area (Å²) in [6.45, 7) is 0. The average Bonchev–Trinajstić information content (AvgIpc) is 2.86. The third-order valence-corrected chi connectivity index (χ3v) is 6.73. The number of sulfone groups is 1. The Morgan fingerprint density at radius 3 is 2.32 bits per heavy atom. The normalized spacial score (nSPS) is 20.6. The molecular weight excluding hydrogens is 326 g/mol. The summed E-state index contributed by atoms with van der Waals surface area (Å²) < 4.78 is 25.5. The predicted octanol–water partition coefficient (Wildman–Crippen LogP) is 3.27. The second kappa shape index (κ2) is 5.37. The fourth-order valence-corrected chi connectivity index (χ4v) is 5.14. The van der Waals surface area contributed by atoms with Crippen LogP contribution < -0.4 is 0 Å². The Kier molecular flexibility index (Phi) is 3.66. The van der Waals surface area contributed by atoms with E-state index in [2.05, 4.69) is 0 Å². The summed E-state index contributed by atoms with van der Waals surface area (Å²) in [4.78, 5) is 10.1. The number of hydrogen-bond donors (Lipinski definition) is 0. The van der Waals surface area contributed by atoms with Gasteiger partial charge in [0.05, 0.1) is 20.4 Å². The molecule has 0 N–H and O–H groups in total. The molecule has 0 amide bonds. The van der Waals surface area contributed by atoms with E-state index in [-0.39, 0.29) is 10.6 Å². The summed E-state index contributed by atoms with van der Waals surface area (Å²) in [6.07, 6.45) is 0.351. The molecule has 0 spiro atoms. The van der Waals surface area contributed by atoms with Crippen molar-refractivity contribution in [2.24, 2.45) is 0 Å². The van der Waals surface area contributed by atoms with Crippen LogP contribution in [-0.2, 0) is 16.3 Å². The quantitative estimate of drug-likeness (QED) is 0.489. The van der Waals surface area contributed by atoms with Crippen molar-refractivity contribution in [3.05, 3.63) is 69.8 Å². The van der Waals surface area contributed by atoms with Crippen molar-refractivity contribution in [3.8, 4) is 0 Å². The van der Waals surface area contributed by atoms with Crippen LogP contribution in [0.5, 0.6) is 0 Å². The molecule has 0 saturated carbocycles. The summed E-state index contributed by atoms with van der Waals surface area (Å²) in [7, 11) is -3.65. The smallest absolute Gasteiger partial charge is 0.258 e. The molecular formula is C15H12ClNO4S. The molecule has 0 heterocycles. The first-order valence-corrected chi connectivity index (χ1v) is 8.60. The molecule has 0 fully saturated rings. The molecule has 7 heteroatoms. The van der Waals surface area contributed by atoms with Crippen LogP contribution in [0.4, 0.5) is 5.69 Å². The van der Waals surface area contributed by atoms with Crippen LogP contribution >= 0.6 is 11.6 Å². The SMILES string of the molecule is O=[N+]([O-])c1ccc(S(=O)(=O)C2Cc3ccccc3C2Cl)cc1. The second-order valence-electron chi connectivity index (χ2n) is 5.14. The Morgan fingerprint density at radius 1 is 1.09 bits per heavy atom. The Hall–Kier alpha value is -1.92. The lowest BCUT2D eigenvalue weighted by Gasteiger charge is -2.15. The van der Waals surface area contributed by atoms with E-state index in [1.807, 2.05) is 24.3 Å². The van der Waals surface area contributed by atoms with Crippen molar-refractivity contribution in [3.63, 3.8) is 0 Å². The highest BCUT2D eigenvalue weighted by Crippen LogP contribution is 2.42. The fraction of sp³-hybridized carbons (Fsp3) is 0.200. The highest BCUT2D eigenvalue weighted by atomic mass is 35.5. The Morgan fingerprint density at radius 2 is 1.73 bits per heavy atom. The van der Waals surface area contributed by atoms with E-state index in [0.29, 0.717) is 6.42 Å². The topological polar surface area (TPSA) is 77.3 Å². The van der Waals surface area contributed by atoms with Crippen molar-refractivity contribution in [2.75, 3.05) is 0 Å². The molecule has 3 rings (SSSR count). The Balaban J connectivity index is 1.96. The standard InChI is InChI=1S/C15H12ClNO4S/c16-15-13-4-2-1-3-10(13)9-14(15)22(20,21)12-7-5-11(6-8-12)17(18)19/h1-8,14-15H,9H2. The van der Waals surface area contributed by atoms with Gasteiger partial charge in [0.15, 0.2) is 9.84 Å². The summed E-state index contributed by atoms with van der Waals surface area (Å²) in [5.41, 5.74) is 1.62. The molecule has 1 aliphatic rings. The summed E-state index contributed by atoms with van der Waals surface area (Å²) in [5, 5.41) is 9.28. The number of fused-ring (bicyclic) bond motifs is 1. The van der Waals surface area contributed by atoms with Gasteiger partial charge in [-0.3, -0.25) is 10.1 Å². The second-order valence-corrected chi connectivity index (χ2v) is 7.78. The lowest BCUT2D eigenvalue weighted by molar-refractivity contribution is -0.384. The molecule has 1 aliphatic carbocycles. The number of nitro benzene ring substituents is 1. The minimum Gasteiger partial charge on any atom is -0.258 e. The van der Waals surface area contributed by atoms with Crippen molar-refractivity contribution in [1.29, 1.82) is 0 Å². The highest BCUT2D eigenvalue weighted by molar-refractivity contribution is 7.92. The zero-order chi connectivity index (χ0) is 15.9. The monoisotopic (exact) mass is 337 g/mol. The zero-order valence-electron chi connectivity index (χ0n) is 11.3. The van der Waals surface area contributed by atoms with Crippen LogP contribution in [0, 0.1) is 10.1 Å². The van der Waals surface area contributed by atoms with Crippen LogP contribution in [0.2, 0.25) is 0 Å². The first-order chi connectivity index (χ1) is 10.4. The number of nitro groups is 1. The highest BCUT2D eigenvalue weighted by Gasteiger charge is 2.40. The largest absolute Gasteiger partial charge is 0.269 e. The lowest BCUT2D eigenvalue weighted by Crippen LogP contribution is -2.23. The van der Waals surface area contributed by atoms with Gasteiger partial charge < -0.3 is 0 Å². The van der Waals surface area contributed by atoms with Gasteiger partial charge in [0, 0.05) is 12.1 Å². The number of alkyl halides is 1. The minimum absolute atomic E-state index is 0.0570. The van der Waals surface area contributed by atoms with Crippen LogP contribution in [0.1, 0.15) is 16.5 Å². The Labute approximate surface area is 132 Å². The summed E-state index contributed by atoms with van der Waals surface area (Å²) in [5.74, 6) is 0. The lowest BCUT2D eigenvalue weighted by atomic mass is 10.1. The van der Waals surface area contributed by atoms with Gasteiger partial charge in [-0.2, -0.15) is 0 Å². The van der Waals surface area contributed by atoms with Gasteiger partial charge in [0.25, 0.3) is 5.69 Å². The Bertz CT molecular complexity index is 833. The van der Waals surface area contributed by atoms with Gasteiger partial charge in [0.2, 0.25) is 0 Å². The van der Waals surface area contributed by atoms with E-state index in [0.717, 1.165) is 11.1 Å².